The minimum Gasteiger partial charge on any atom is -0.436 e. The minimum absolute atomic E-state index is 0.0184. The van der Waals surface area contributed by atoms with Crippen LogP contribution < -0.4 is 15.2 Å². The monoisotopic (exact) mass is 619 g/mol. The summed E-state index contributed by atoms with van der Waals surface area (Å²) in [4.78, 5) is 24.5. The zero-order valence-corrected chi connectivity index (χ0v) is 24.4. The fourth-order valence-electron chi connectivity index (χ4n) is 4.97. The van der Waals surface area contributed by atoms with Gasteiger partial charge in [0.2, 0.25) is 11.7 Å². The van der Waals surface area contributed by atoms with E-state index in [-0.39, 0.29) is 53.4 Å². The average molecular weight is 620 g/mol. The molecule has 0 bridgehead atoms. The molecule has 11 nitrogen and oxygen atoms in total. The predicted octanol–water partition coefficient (Wildman–Crippen LogP) is 5.00. The number of ether oxygens (including phenoxy) is 1. The van der Waals surface area contributed by atoms with E-state index in [9.17, 15) is 22.0 Å². The normalized spacial score (nSPS) is 18.5. The molecule has 0 spiro atoms. The van der Waals surface area contributed by atoms with E-state index in [1.54, 1.807) is 43.3 Å². The Morgan fingerprint density at radius 2 is 2.00 bits per heavy atom. The Labute approximate surface area is 250 Å². The fraction of sp³-hybridized carbons (Fsp3) is 0.200. The molecule has 2 atom stereocenters. The second kappa shape index (κ2) is 11.2. The second-order valence-corrected chi connectivity index (χ2v) is 12.0. The maximum Gasteiger partial charge on any atom is 0.279 e. The Balaban J connectivity index is 1.21. The highest BCUT2D eigenvalue weighted by atomic mass is 32.2. The van der Waals surface area contributed by atoms with Crippen LogP contribution in [0.5, 0.6) is 5.75 Å². The third-order valence-electron chi connectivity index (χ3n) is 7.31. The molecule has 4 aromatic rings. The van der Waals surface area contributed by atoms with Crippen LogP contribution in [0.2, 0.25) is 0 Å². The van der Waals surface area contributed by atoms with Crippen LogP contribution in [0.3, 0.4) is 0 Å². The lowest BCUT2D eigenvalue weighted by Gasteiger charge is -2.22. The molecule has 0 unspecified atom stereocenters. The summed E-state index contributed by atoms with van der Waals surface area (Å²) in [5, 5.41) is 4.63. The van der Waals surface area contributed by atoms with E-state index in [2.05, 4.69) is 24.8 Å². The molecule has 0 radical (unpaired) electrons. The van der Waals surface area contributed by atoms with Gasteiger partial charge >= 0.3 is 0 Å². The quantitative estimate of drug-likeness (QED) is 0.204. The maximum absolute atomic E-state index is 14.0. The summed E-state index contributed by atoms with van der Waals surface area (Å²) < 4.78 is 62.8. The van der Waals surface area contributed by atoms with E-state index in [0.717, 1.165) is 5.57 Å². The molecule has 0 fully saturated rings. The number of anilines is 2. The van der Waals surface area contributed by atoms with Gasteiger partial charge in [0.1, 0.15) is 5.82 Å². The van der Waals surface area contributed by atoms with Gasteiger partial charge in [0.05, 0.1) is 35.7 Å². The van der Waals surface area contributed by atoms with E-state index < -0.39 is 33.0 Å². The standard InChI is InChI=1S/C30H27F2N7O4S/c1-16-10-18-12-23(36-22(18)13-21(16)38-44(41,42)28-9-5-8-26(32)37-28)29(40)19-14-35-39(30(19)33)24-15-34-27(11-17(24)2)43-25-7-4-3-6-20(25)31/h3-7,9-14,24,26,36,38H,8,15,33H2,1-2H3/t24-,26-/m0/s1. The summed E-state index contributed by atoms with van der Waals surface area (Å²) in [6.07, 6.45) is 4.13. The number of carbonyl (C=O) groups excluding carboxylic acids is 1. The molecule has 4 N–H and O–H groups in total. The van der Waals surface area contributed by atoms with Crippen LogP contribution in [0.25, 0.3) is 10.9 Å². The van der Waals surface area contributed by atoms with Crippen LogP contribution in [0, 0.1) is 12.7 Å². The number of benzene rings is 2. The summed E-state index contributed by atoms with van der Waals surface area (Å²) in [5.41, 5.74) is 8.92. The van der Waals surface area contributed by atoms with Crippen molar-refractivity contribution in [2.24, 2.45) is 9.98 Å². The first-order valence-corrected chi connectivity index (χ1v) is 15.1. The first-order valence-electron chi connectivity index (χ1n) is 13.6. The van der Waals surface area contributed by atoms with Crippen molar-refractivity contribution in [2.75, 3.05) is 17.0 Å². The van der Waals surface area contributed by atoms with E-state index in [4.69, 9.17) is 10.5 Å². The van der Waals surface area contributed by atoms with Gasteiger partial charge in [0, 0.05) is 23.4 Å². The third kappa shape index (κ3) is 5.51. The highest BCUT2D eigenvalue weighted by molar-refractivity contribution is 8.07. The van der Waals surface area contributed by atoms with Crippen molar-refractivity contribution >= 4 is 49.2 Å². The lowest BCUT2D eigenvalue weighted by atomic mass is 10.1. The number of aromatic amines is 1. The molecule has 0 amide bonds. The van der Waals surface area contributed by atoms with Crippen molar-refractivity contribution in [3.05, 3.63) is 95.1 Å². The minimum atomic E-state index is -4.13. The van der Waals surface area contributed by atoms with Gasteiger partial charge in [-0.2, -0.15) is 13.5 Å². The topological polar surface area (TPSA) is 157 Å². The molecule has 0 aliphatic carbocycles. The molecule has 2 aromatic carbocycles. The number of nitrogens with one attached hydrogen (secondary N) is 2. The number of hydrogen-bond donors (Lipinski definition) is 3. The Morgan fingerprint density at radius 3 is 2.75 bits per heavy atom. The molecule has 14 heteroatoms. The largest absolute Gasteiger partial charge is 0.436 e. The van der Waals surface area contributed by atoms with Gasteiger partial charge in [-0.15, -0.1) is 0 Å². The summed E-state index contributed by atoms with van der Waals surface area (Å²) in [5.74, 6) is -0.475. The van der Waals surface area contributed by atoms with Gasteiger partial charge in [-0.25, -0.2) is 23.4 Å². The molecule has 226 valence electrons. The van der Waals surface area contributed by atoms with Crippen molar-refractivity contribution in [1.29, 1.82) is 0 Å². The van der Waals surface area contributed by atoms with Crippen LogP contribution in [0.15, 0.2) is 82.4 Å². The number of aromatic nitrogens is 3. The molecule has 6 rings (SSSR count). The van der Waals surface area contributed by atoms with E-state index in [1.165, 1.54) is 35.2 Å². The number of nitrogens with zero attached hydrogens (tertiary/aromatic N) is 4. The number of nitrogens with two attached hydrogens (primary N) is 1. The Hall–Kier alpha value is -5.11. The van der Waals surface area contributed by atoms with E-state index in [0.29, 0.717) is 16.5 Å². The van der Waals surface area contributed by atoms with Crippen LogP contribution in [-0.2, 0) is 10.0 Å². The zero-order valence-electron chi connectivity index (χ0n) is 23.6. The lowest BCUT2D eigenvalue weighted by molar-refractivity contribution is 0.103. The lowest BCUT2D eigenvalue weighted by Crippen LogP contribution is -2.24. The number of aryl methyl sites for hydroxylation is 1. The number of nitrogen functional groups attached to an aromatic ring is 1. The van der Waals surface area contributed by atoms with Crippen molar-refractivity contribution < 1.29 is 26.7 Å². The third-order valence-corrected chi connectivity index (χ3v) is 8.59. The number of H-pyrrole nitrogens is 1. The molecule has 2 aromatic heterocycles. The van der Waals surface area contributed by atoms with Gasteiger partial charge in [-0.05, 0) is 61.4 Å². The number of carbonyl (C=O) groups is 1. The van der Waals surface area contributed by atoms with Crippen LogP contribution >= 0.6 is 0 Å². The SMILES string of the molecule is CC1=CC(Oc2ccccc2F)=NC[C@@H]1n1ncc(C(=O)c2cc3cc(C)c(NS(=O)(=O)C4=N[C@H](F)CC=C4)cc3[nH]2)c1N. The second-order valence-electron chi connectivity index (χ2n) is 10.4. The summed E-state index contributed by atoms with van der Waals surface area (Å²) in [7, 11) is -4.13. The summed E-state index contributed by atoms with van der Waals surface area (Å²) in [6.45, 7) is 3.76. The number of halogens is 2. The van der Waals surface area contributed by atoms with Crippen molar-refractivity contribution in [3.8, 4) is 5.75 Å². The Kier molecular flexibility index (Phi) is 7.37. The van der Waals surface area contributed by atoms with Crippen LogP contribution in [-0.4, -0.2) is 52.7 Å². The zero-order chi connectivity index (χ0) is 31.2. The van der Waals surface area contributed by atoms with Gasteiger partial charge < -0.3 is 15.5 Å². The number of ketones is 1. The number of rotatable bonds is 6. The molecular weight excluding hydrogens is 592 g/mol. The number of sulfonamides is 1. The highest BCUT2D eigenvalue weighted by Gasteiger charge is 2.27. The summed E-state index contributed by atoms with van der Waals surface area (Å²) in [6, 6.07) is 10.6. The smallest absolute Gasteiger partial charge is 0.279 e. The van der Waals surface area contributed by atoms with Gasteiger partial charge in [0.15, 0.2) is 22.9 Å². The average Bonchev–Trinajstić information content (AvgIpc) is 3.57. The number of aliphatic imine (C=N–C) groups is 2. The number of hydrogen-bond acceptors (Lipinski definition) is 8. The predicted molar refractivity (Wildman–Crippen MR) is 164 cm³/mol. The number of fused-ring (bicyclic) bond motifs is 1. The van der Waals surface area contributed by atoms with Crippen LogP contribution in [0.1, 0.15) is 41.0 Å². The first kappa shape index (κ1) is 29.0. The Bertz CT molecular complexity index is 2040. The van der Waals surface area contributed by atoms with Crippen molar-refractivity contribution in [1.82, 2.24) is 14.8 Å². The fourth-order valence-corrected chi connectivity index (χ4v) is 6.11. The number of dihydropyridines is 2. The molecule has 0 saturated carbocycles. The maximum atomic E-state index is 14.0. The molecule has 0 saturated heterocycles. The number of alkyl halides is 1. The molecule has 2 aliphatic heterocycles. The van der Waals surface area contributed by atoms with Gasteiger partial charge in [0.25, 0.3) is 10.0 Å². The van der Waals surface area contributed by atoms with E-state index >= 15 is 0 Å². The summed E-state index contributed by atoms with van der Waals surface area (Å²) >= 11 is 0. The highest BCUT2D eigenvalue weighted by Crippen LogP contribution is 2.30. The molecule has 4 heterocycles. The van der Waals surface area contributed by atoms with E-state index in [1.807, 2.05) is 6.92 Å². The Morgan fingerprint density at radius 1 is 1.20 bits per heavy atom. The van der Waals surface area contributed by atoms with Crippen molar-refractivity contribution in [2.45, 2.75) is 32.6 Å². The number of para-hydroxylation sites is 1. The van der Waals surface area contributed by atoms with Gasteiger partial charge in [-0.3, -0.25) is 9.52 Å². The molecular formula is C30H27F2N7O4S. The molecule has 44 heavy (non-hydrogen) atoms. The van der Waals surface area contributed by atoms with Gasteiger partial charge in [-0.1, -0.05) is 18.2 Å². The first-order chi connectivity index (χ1) is 21.0. The van der Waals surface area contributed by atoms with Crippen molar-refractivity contribution in [3.63, 3.8) is 0 Å². The molecule has 2 aliphatic rings. The van der Waals surface area contributed by atoms with Crippen LogP contribution in [0.4, 0.5) is 20.3 Å².